The second-order valence-electron chi connectivity index (χ2n) is 7.04. The number of aryl methyl sites for hydroxylation is 1. The van der Waals surface area contributed by atoms with Crippen LogP contribution in [0.3, 0.4) is 0 Å². The van der Waals surface area contributed by atoms with Crippen LogP contribution in [0.25, 0.3) is 10.2 Å². The first-order valence-electron chi connectivity index (χ1n) is 9.71. The number of hydrogen-bond acceptors (Lipinski definition) is 5. The minimum absolute atomic E-state index is 0.0444. The molecule has 2 aromatic carbocycles. The summed E-state index contributed by atoms with van der Waals surface area (Å²) in [6.45, 7) is 0.408. The number of carbonyl (C=O) groups is 2. The van der Waals surface area contributed by atoms with Crippen molar-refractivity contribution in [3.05, 3.63) is 59.6 Å². The van der Waals surface area contributed by atoms with Gasteiger partial charge in [0.05, 0.1) is 21.8 Å². The molecule has 0 spiro atoms. The van der Waals surface area contributed by atoms with Crippen LogP contribution in [0.5, 0.6) is 5.75 Å². The Labute approximate surface area is 173 Å². The molecule has 150 valence electrons. The van der Waals surface area contributed by atoms with Crippen molar-refractivity contribution in [1.82, 2.24) is 15.2 Å². The first-order valence-corrected chi connectivity index (χ1v) is 10.5. The zero-order chi connectivity index (χ0) is 20.2. The summed E-state index contributed by atoms with van der Waals surface area (Å²) in [5.41, 5.74) is 0.959. The van der Waals surface area contributed by atoms with E-state index in [1.54, 1.807) is 23.3 Å². The summed E-state index contributed by atoms with van der Waals surface area (Å²) >= 11 is 1.61. The third-order valence-electron chi connectivity index (χ3n) is 5.07. The predicted molar refractivity (Wildman–Crippen MR) is 113 cm³/mol. The number of nitrogens with one attached hydrogen (secondary N) is 1. The number of likely N-dealkylation sites (N-methyl/N-ethyl adjacent to an activating group) is 1. The van der Waals surface area contributed by atoms with Crippen molar-refractivity contribution >= 4 is 33.4 Å². The summed E-state index contributed by atoms with van der Waals surface area (Å²) in [5, 5.41) is 3.61. The molecule has 2 amide bonds. The van der Waals surface area contributed by atoms with Crippen molar-refractivity contribution in [3.8, 4) is 5.75 Å². The molecule has 0 unspecified atom stereocenters. The van der Waals surface area contributed by atoms with Gasteiger partial charge in [-0.15, -0.1) is 11.3 Å². The van der Waals surface area contributed by atoms with Gasteiger partial charge < -0.3 is 15.0 Å². The van der Waals surface area contributed by atoms with E-state index in [1.165, 1.54) is 0 Å². The number of carbonyl (C=O) groups excluding carboxylic acids is 2. The molecule has 6 nitrogen and oxygen atoms in total. The maximum atomic E-state index is 12.9. The molecule has 0 radical (unpaired) electrons. The molecular formula is C22H23N3O3S. The van der Waals surface area contributed by atoms with Crippen LogP contribution in [0.15, 0.2) is 54.6 Å². The van der Waals surface area contributed by atoms with Gasteiger partial charge in [-0.1, -0.05) is 30.3 Å². The topological polar surface area (TPSA) is 71.5 Å². The summed E-state index contributed by atoms with van der Waals surface area (Å²) < 4.78 is 7.12. The van der Waals surface area contributed by atoms with Gasteiger partial charge in [-0.25, -0.2) is 4.98 Å². The van der Waals surface area contributed by atoms with E-state index in [0.717, 1.165) is 21.0 Å². The number of likely N-dealkylation sites (tertiary alicyclic amines) is 1. The number of fused-ring (bicyclic) bond motifs is 1. The van der Waals surface area contributed by atoms with Crippen LogP contribution < -0.4 is 10.1 Å². The van der Waals surface area contributed by atoms with Gasteiger partial charge >= 0.3 is 0 Å². The number of nitrogens with zero attached hydrogens (tertiary/aromatic N) is 2. The summed E-state index contributed by atoms with van der Waals surface area (Å²) in [6.07, 6.45) is 1.18. The molecule has 1 fully saturated rings. The van der Waals surface area contributed by atoms with Gasteiger partial charge in [0, 0.05) is 26.3 Å². The third-order valence-corrected chi connectivity index (χ3v) is 6.17. The average Bonchev–Trinajstić information content (AvgIpc) is 3.36. The minimum Gasteiger partial charge on any atom is -0.488 e. The number of amides is 2. The summed E-state index contributed by atoms with van der Waals surface area (Å²) in [4.78, 5) is 31.5. The Balaban J connectivity index is 1.42. The number of rotatable bonds is 6. The van der Waals surface area contributed by atoms with E-state index in [9.17, 15) is 9.59 Å². The van der Waals surface area contributed by atoms with Gasteiger partial charge in [-0.3, -0.25) is 9.59 Å². The fraction of sp³-hybridized carbons (Fsp3) is 0.318. The lowest BCUT2D eigenvalue weighted by Gasteiger charge is -2.22. The number of ether oxygens (including phenoxy) is 1. The van der Waals surface area contributed by atoms with E-state index < -0.39 is 6.04 Å². The molecule has 1 aliphatic heterocycles. The molecule has 2 atom stereocenters. The van der Waals surface area contributed by atoms with Gasteiger partial charge in [0.1, 0.15) is 17.9 Å². The van der Waals surface area contributed by atoms with Gasteiger partial charge in [0.25, 0.3) is 0 Å². The fourth-order valence-electron chi connectivity index (χ4n) is 3.65. The van der Waals surface area contributed by atoms with E-state index in [0.29, 0.717) is 25.8 Å². The van der Waals surface area contributed by atoms with Crippen molar-refractivity contribution in [2.45, 2.75) is 31.4 Å². The van der Waals surface area contributed by atoms with E-state index in [1.807, 2.05) is 54.6 Å². The summed E-state index contributed by atoms with van der Waals surface area (Å²) in [7, 11) is 1.59. The Kier molecular flexibility index (Phi) is 5.76. The van der Waals surface area contributed by atoms with Gasteiger partial charge in [0.15, 0.2) is 0 Å². The van der Waals surface area contributed by atoms with Crippen LogP contribution in [-0.2, 0) is 16.0 Å². The van der Waals surface area contributed by atoms with E-state index in [4.69, 9.17) is 4.74 Å². The standard InChI is InChI=1S/C22H23N3O3S/c1-23-22(27)18-13-16(28-15-7-3-2-4-8-15)14-25(18)21(26)12-11-20-24-17-9-5-6-10-19(17)29-20/h2-10,16,18H,11-14H2,1H3,(H,23,27)/t16-,18-/m0/s1. The lowest BCUT2D eigenvalue weighted by molar-refractivity contribution is -0.138. The number of para-hydroxylation sites is 2. The molecule has 0 bridgehead atoms. The predicted octanol–water partition coefficient (Wildman–Crippen LogP) is 3.02. The third kappa shape index (κ3) is 4.40. The summed E-state index contributed by atoms with van der Waals surface area (Å²) in [6, 6.07) is 16.9. The van der Waals surface area contributed by atoms with E-state index in [-0.39, 0.29) is 17.9 Å². The first-order chi connectivity index (χ1) is 14.1. The van der Waals surface area contributed by atoms with Crippen LogP contribution >= 0.6 is 11.3 Å². The molecule has 29 heavy (non-hydrogen) atoms. The Hall–Kier alpha value is -2.93. The highest BCUT2D eigenvalue weighted by Crippen LogP contribution is 2.26. The second kappa shape index (κ2) is 8.61. The highest BCUT2D eigenvalue weighted by Gasteiger charge is 2.40. The summed E-state index contributed by atoms with van der Waals surface area (Å²) in [5.74, 6) is 0.548. The molecule has 0 saturated carbocycles. The monoisotopic (exact) mass is 409 g/mol. The molecule has 7 heteroatoms. The zero-order valence-corrected chi connectivity index (χ0v) is 17.0. The maximum Gasteiger partial charge on any atom is 0.242 e. The van der Waals surface area contributed by atoms with Crippen LogP contribution in [0.1, 0.15) is 17.8 Å². The Morgan fingerprint density at radius 1 is 1.17 bits per heavy atom. The fourth-order valence-corrected chi connectivity index (χ4v) is 4.62. The minimum atomic E-state index is -0.503. The Morgan fingerprint density at radius 3 is 2.69 bits per heavy atom. The van der Waals surface area contributed by atoms with E-state index >= 15 is 0 Å². The number of hydrogen-bond donors (Lipinski definition) is 1. The normalized spacial score (nSPS) is 18.7. The largest absolute Gasteiger partial charge is 0.488 e. The highest BCUT2D eigenvalue weighted by atomic mass is 32.1. The molecule has 1 aromatic heterocycles. The Bertz CT molecular complexity index is 972. The SMILES string of the molecule is CNC(=O)[C@@H]1C[C@H](Oc2ccccc2)CN1C(=O)CCc1nc2ccccc2s1. The lowest BCUT2D eigenvalue weighted by atomic mass is 10.1. The molecule has 1 aliphatic rings. The molecule has 1 saturated heterocycles. The maximum absolute atomic E-state index is 12.9. The molecule has 2 heterocycles. The highest BCUT2D eigenvalue weighted by molar-refractivity contribution is 7.18. The zero-order valence-electron chi connectivity index (χ0n) is 16.2. The lowest BCUT2D eigenvalue weighted by Crippen LogP contribution is -2.45. The molecular weight excluding hydrogens is 386 g/mol. The quantitative estimate of drug-likeness (QED) is 0.679. The van der Waals surface area contributed by atoms with Gasteiger partial charge in [-0.05, 0) is 24.3 Å². The van der Waals surface area contributed by atoms with Crippen LogP contribution in [0.2, 0.25) is 0 Å². The van der Waals surface area contributed by atoms with Crippen molar-refractivity contribution < 1.29 is 14.3 Å². The first kappa shape index (κ1) is 19.4. The van der Waals surface area contributed by atoms with Crippen LogP contribution in [0, 0.1) is 0 Å². The van der Waals surface area contributed by atoms with E-state index in [2.05, 4.69) is 10.3 Å². The average molecular weight is 410 g/mol. The van der Waals surface area contributed by atoms with Crippen molar-refractivity contribution in [2.24, 2.45) is 0 Å². The molecule has 3 aromatic rings. The van der Waals surface area contributed by atoms with Gasteiger partial charge in [-0.2, -0.15) is 0 Å². The Morgan fingerprint density at radius 2 is 1.93 bits per heavy atom. The van der Waals surface area contributed by atoms with Crippen LogP contribution in [0.4, 0.5) is 0 Å². The van der Waals surface area contributed by atoms with Crippen LogP contribution in [-0.4, -0.2) is 47.4 Å². The number of benzene rings is 2. The second-order valence-corrected chi connectivity index (χ2v) is 8.16. The van der Waals surface area contributed by atoms with Gasteiger partial charge in [0.2, 0.25) is 11.8 Å². The van der Waals surface area contributed by atoms with Crippen molar-refractivity contribution in [3.63, 3.8) is 0 Å². The smallest absolute Gasteiger partial charge is 0.242 e. The molecule has 4 rings (SSSR count). The number of aromatic nitrogens is 1. The number of thiazole rings is 1. The molecule has 1 N–H and O–H groups in total. The van der Waals surface area contributed by atoms with Crippen molar-refractivity contribution in [1.29, 1.82) is 0 Å². The molecule has 0 aliphatic carbocycles. The van der Waals surface area contributed by atoms with Crippen molar-refractivity contribution in [2.75, 3.05) is 13.6 Å².